The van der Waals surface area contributed by atoms with Crippen molar-refractivity contribution in [3.63, 3.8) is 0 Å². The van der Waals surface area contributed by atoms with Gasteiger partial charge in [0.1, 0.15) is 0 Å². The van der Waals surface area contributed by atoms with Crippen LogP contribution in [-0.2, 0) is 4.79 Å². The molecule has 186 valence electrons. The van der Waals surface area contributed by atoms with Gasteiger partial charge in [0, 0.05) is 30.4 Å². The van der Waals surface area contributed by atoms with Gasteiger partial charge in [-0.3, -0.25) is 4.79 Å². The average Bonchev–Trinajstić information content (AvgIpc) is 3.26. The molecular formula is C29H47ClN2O. The minimum absolute atomic E-state index is 0.117. The Morgan fingerprint density at radius 3 is 2.55 bits per heavy atom. The van der Waals surface area contributed by atoms with Gasteiger partial charge in [-0.15, -0.1) is 11.6 Å². The van der Waals surface area contributed by atoms with Gasteiger partial charge in [0.05, 0.1) is 5.54 Å². The molecule has 0 aromatic heterocycles. The van der Waals surface area contributed by atoms with Crippen molar-refractivity contribution in [3.05, 3.63) is 0 Å². The molecule has 1 heterocycles. The van der Waals surface area contributed by atoms with Crippen molar-refractivity contribution >= 4 is 23.2 Å². The summed E-state index contributed by atoms with van der Waals surface area (Å²) in [6.07, 6.45) is 13.7. The van der Waals surface area contributed by atoms with Crippen molar-refractivity contribution in [2.24, 2.45) is 51.4 Å². The molecule has 1 amide bonds. The lowest BCUT2D eigenvalue weighted by molar-refractivity contribution is -0.155. The van der Waals surface area contributed by atoms with Crippen molar-refractivity contribution < 1.29 is 4.79 Å². The molecule has 5 rings (SSSR count). The van der Waals surface area contributed by atoms with Gasteiger partial charge in [0.25, 0.3) is 0 Å². The van der Waals surface area contributed by atoms with Crippen molar-refractivity contribution in [1.29, 1.82) is 0 Å². The summed E-state index contributed by atoms with van der Waals surface area (Å²) in [6.45, 7) is 14.1. The lowest BCUT2D eigenvalue weighted by Gasteiger charge is -2.64. The quantitative estimate of drug-likeness (QED) is 0.376. The Kier molecular flexibility index (Phi) is 6.03. The number of carbonyl (C=O) groups is 1. The predicted molar refractivity (Wildman–Crippen MR) is 137 cm³/mol. The van der Waals surface area contributed by atoms with Gasteiger partial charge >= 0.3 is 0 Å². The van der Waals surface area contributed by atoms with E-state index in [1.54, 1.807) is 6.92 Å². The topological polar surface area (TPSA) is 32.7 Å². The molecule has 1 aliphatic heterocycles. The van der Waals surface area contributed by atoms with Crippen molar-refractivity contribution in [2.45, 2.75) is 123 Å². The highest BCUT2D eigenvalue weighted by atomic mass is 35.5. The standard InChI is InChI=1S/C29H47ClN2O/c1-18(2)8-7-9-19(3)22-10-11-23-26-24(13-14-27(22,23)5)28(6)15-12-21(30)16-29(28)17-25(26)31-32(29)20(4)33/h18-19,21-24,26H,7-17H2,1-6H3/t19-,21+,22-,23+,24+,26+,27-,28-,29+/m1/s1. The van der Waals surface area contributed by atoms with Crippen molar-refractivity contribution in [1.82, 2.24) is 5.01 Å². The first kappa shape index (κ1) is 24.1. The molecule has 4 aliphatic carbocycles. The second-order valence-electron chi connectivity index (χ2n) is 13.7. The summed E-state index contributed by atoms with van der Waals surface area (Å²) in [5.74, 6) is 4.57. The van der Waals surface area contributed by atoms with Crippen LogP contribution in [0.1, 0.15) is 112 Å². The van der Waals surface area contributed by atoms with E-state index in [-0.39, 0.29) is 22.2 Å². The Bertz CT molecular complexity index is 824. The van der Waals surface area contributed by atoms with Gasteiger partial charge in [-0.2, -0.15) is 5.10 Å². The third kappa shape index (κ3) is 3.40. The van der Waals surface area contributed by atoms with Gasteiger partial charge in [0.2, 0.25) is 5.91 Å². The number of hydrogen-bond donors (Lipinski definition) is 0. The Labute approximate surface area is 207 Å². The van der Waals surface area contributed by atoms with Crippen molar-refractivity contribution in [3.8, 4) is 0 Å². The van der Waals surface area contributed by atoms with Gasteiger partial charge in [0.15, 0.2) is 0 Å². The molecule has 3 nitrogen and oxygen atoms in total. The van der Waals surface area contributed by atoms with Crippen LogP contribution in [0.3, 0.4) is 0 Å². The fourth-order valence-corrected chi connectivity index (χ4v) is 10.4. The van der Waals surface area contributed by atoms with Crippen molar-refractivity contribution in [2.75, 3.05) is 0 Å². The second kappa shape index (κ2) is 8.24. The number of halogens is 1. The zero-order valence-electron chi connectivity index (χ0n) is 22.0. The van der Waals surface area contributed by atoms with Crippen LogP contribution in [0.25, 0.3) is 0 Å². The molecule has 33 heavy (non-hydrogen) atoms. The van der Waals surface area contributed by atoms with Crippen LogP contribution in [0.15, 0.2) is 5.10 Å². The van der Waals surface area contributed by atoms with E-state index >= 15 is 0 Å². The molecule has 9 atom stereocenters. The van der Waals surface area contributed by atoms with E-state index in [9.17, 15) is 4.79 Å². The molecule has 0 N–H and O–H groups in total. The molecule has 0 unspecified atom stereocenters. The Morgan fingerprint density at radius 1 is 1.09 bits per heavy atom. The summed E-state index contributed by atoms with van der Waals surface area (Å²) in [7, 11) is 0. The lowest BCUT2D eigenvalue weighted by atomic mass is 9.42. The molecule has 4 saturated carbocycles. The van der Waals surface area contributed by atoms with Crippen LogP contribution in [0, 0.1) is 46.3 Å². The molecule has 0 saturated heterocycles. The van der Waals surface area contributed by atoms with E-state index in [1.807, 2.05) is 5.01 Å². The van der Waals surface area contributed by atoms with Crippen LogP contribution < -0.4 is 0 Å². The molecule has 1 spiro atoms. The van der Waals surface area contributed by atoms with E-state index < -0.39 is 0 Å². The second-order valence-corrected chi connectivity index (χ2v) is 14.3. The highest BCUT2D eigenvalue weighted by Crippen LogP contribution is 2.71. The minimum atomic E-state index is -0.171. The van der Waals surface area contributed by atoms with Gasteiger partial charge in [-0.1, -0.05) is 53.9 Å². The largest absolute Gasteiger partial charge is 0.273 e. The monoisotopic (exact) mass is 474 g/mol. The number of alkyl halides is 1. The summed E-state index contributed by atoms with van der Waals surface area (Å²) >= 11 is 6.77. The highest BCUT2D eigenvalue weighted by molar-refractivity contribution is 6.20. The SMILES string of the molecule is CC(=O)N1N=C2C[C@]13C[C@@H](Cl)CC[C@]3(C)[C@H]1CC[C@]3(C)[C@@H]([C@H](C)CCCC(C)C)CC[C@H]3[C@H]21. The summed E-state index contributed by atoms with van der Waals surface area (Å²) in [5, 5.41) is 7.27. The zero-order valence-corrected chi connectivity index (χ0v) is 22.8. The first-order valence-corrected chi connectivity index (χ1v) is 14.5. The molecular weight excluding hydrogens is 428 g/mol. The molecule has 0 aromatic carbocycles. The summed E-state index contributed by atoms with van der Waals surface area (Å²) in [5.41, 5.74) is 1.77. The summed E-state index contributed by atoms with van der Waals surface area (Å²) in [4.78, 5) is 12.8. The Morgan fingerprint density at radius 2 is 1.85 bits per heavy atom. The molecule has 5 aliphatic rings. The smallest absolute Gasteiger partial charge is 0.240 e. The number of rotatable bonds is 5. The van der Waals surface area contributed by atoms with Crippen LogP contribution in [-0.4, -0.2) is 27.5 Å². The molecule has 0 radical (unpaired) electrons. The third-order valence-corrected chi connectivity index (χ3v) is 12.1. The van der Waals surface area contributed by atoms with E-state index in [0.717, 1.165) is 49.4 Å². The number of hydrogen-bond acceptors (Lipinski definition) is 2. The number of carbonyl (C=O) groups excluding carboxylic acids is 1. The maximum Gasteiger partial charge on any atom is 0.240 e. The first-order chi connectivity index (χ1) is 15.5. The maximum atomic E-state index is 12.8. The van der Waals surface area contributed by atoms with E-state index in [0.29, 0.717) is 17.3 Å². The molecule has 4 fully saturated rings. The lowest BCUT2D eigenvalue weighted by Crippen LogP contribution is -2.67. The van der Waals surface area contributed by atoms with E-state index in [2.05, 4.69) is 34.6 Å². The fraction of sp³-hybridized carbons (Fsp3) is 0.931. The van der Waals surface area contributed by atoms with Crippen LogP contribution in [0.2, 0.25) is 0 Å². The third-order valence-electron chi connectivity index (χ3n) is 11.7. The van der Waals surface area contributed by atoms with E-state index in [4.69, 9.17) is 16.7 Å². The summed E-state index contributed by atoms with van der Waals surface area (Å²) < 4.78 is 0. The average molecular weight is 475 g/mol. The maximum absolute atomic E-state index is 12.8. The zero-order chi connectivity index (χ0) is 23.8. The predicted octanol–water partition coefficient (Wildman–Crippen LogP) is 7.67. The number of amides is 1. The highest BCUT2D eigenvalue weighted by Gasteiger charge is 2.71. The first-order valence-electron chi connectivity index (χ1n) is 14.1. The fourth-order valence-electron chi connectivity index (χ4n) is 10.1. The number of fused-ring (bicyclic) bond motifs is 6. The molecule has 4 heteroatoms. The normalized spacial score (nSPS) is 47.1. The Balaban J connectivity index is 1.45. The van der Waals surface area contributed by atoms with Crippen LogP contribution in [0.4, 0.5) is 0 Å². The molecule has 2 bridgehead atoms. The minimum Gasteiger partial charge on any atom is -0.273 e. The van der Waals surface area contributed by atoms with Gasteiger partial charge in [-0.05, 0) is 85.4 Å². The van der Waals surface area contributed by atoms with Crippen LogP contribution in [0.5, 0.6) is 0 Å². The number of nitrogens with zero attached hydrogens (tertiary/aromatic N) is 2. The molecule has 0 aromatic rings. The number of hydrazone groups is 1. The Hall–Kier alpha value is -0.570. The van der Waals surface area contributed by atoms with Gasteiger partial charge < -0.3 is 0 Å². The van der Waals surface area contributed by atoms with Gasteiger partial charge in [-0.25, -0.2) is 5.01 Å². The van der Waals surface area contributed by atoms with E-state index in [1.165, 1.54) is 50.7 Å². The van der Waals surface area contributed by atoms with Crippen LogP contribution >= 0.6 is 11.6 Å². The summed E-state index contributed by atoms with van der Waals surface area (Å²) in [6, 6.07) is 0.